The third kappa shape index (κ3) is 15.1. The smallest absolute Gasteiger partial charge is 0.333 e. The summed E-state index contributed by atoms with van der Waals surface area (Å²) < 4.78 is 26.3. The van der Waals surface area contributed by atoms with E-state index in [-0.39, 0.29) is 24.7 Å². The second-order valence-corrected chi connectivity index (χ2v) is 9.42. The molecule has 254 valence electrons. The molecule has 0 atom stereocenters. The molecular formula is C35H46N4O8. The zero-order valence-electron chi connectivity index (χ0n) is 27.4. The quantitative estimate of drug-likeness (QED) is 0.0522. The Morgan fingerprint density at radius 2 is 1.04 bits per heavy atom. The SMILES string of the molecule is C=C(C)C(=O)OC(COc1ccc(N)cc1)COc1ccc(N)cc1.CC.COc1cc(O)ccc1N.COc1cc(O)ccc1N. The highest BCUT2D eigenvalue weighted by Gasteiger charge is 2.17. The molecule has 0 saturated carbocycles. The molecule has 4 rings (SSSR count). The summed E-state index contributed by atoms with van der Waals surface area (Å²) in [6.45, 7) is 9.44. The minimum atomic E-state index is -0.598. The molecule has 47 heavy (non-hydrogen) atoms. The number of ether oxygens (including phenoxy) is 5. The molecular weight excluding hydrogens is 604 g/mol. The predicted octanol–water partition coefficient (Wildman–Crippen LogP) is 5.79. The fourth-order valence-corrected chi connectivity index (χ4v) is 3.27. The first-order chi connectivity index (χ1) is 22.4. The Morgan fingerprint density at radius 3 is 1.34 bits per heavy atom. The summed E-state index contributed by atoms with van der Waals surface area (Å²) in [4.78, 5) is 11.8. The highest BCUT2D eigenvalue weighted by molar-refractivity contribution is 5.87. The molecule has 0 amide bonds. The fourth-order valence-electron chi connectivity index (χ4n) is 3.27. The van der Waals surface area contributed by atoms with Gasteiger partial charge in [-0.1, -0.05) is 20.4 Å². The third-order valence-electron chi connectivity index (χ3n) is 5.69. The molecule has 0 aliphatic rings. The van der Waals surface area contributed by atoms with Crippen molar-refractivity contribution in [2.75, 3.05) is 50.4 Å². The molecule has 0 aliphatic carbocycles. The molecule has 0 aliphatic heterocycles. The summed E-state index contributed by atoms with van der Waals surface area (Å²) in [5.74, 6) is 2.07. The zero-order valence-corrected chi connectivity index (χ0v) is 27.4. The van der Waals surface area contributed by atoms with Crippen molar-refractivity contribution in [1.29, 1.82) is 0 Å². The largest absolute Gasteiger partial charge is 0.508 e. The second kappa shape index (κ2) is 20.9. The molecule has 0 fully saturated rings. The van der Waals surface area contributed by atoms with Gasteiger partial charge in [0.05, 0.1) is 25.6 Å². The second-order valence-electron chi connectivity index (χ2n) is 9.42. The van der Waals surface area contributed by atoms with E-state index in [4.69, 9.17) is 56.8 Å². The maximum atomic E-state index is 11.8. The Kier molecular flexibility index (Phi) is 17.4. The number of aromatic hydroxyl groups is 2. The maximum absolute atomic E-state index is 11.8. The summed E-state index contributed by atoms with van der Waals surface area (Å²) >= 11 is 0. The number of hydrogen-bond donors (Lipinski definition) is 6. The number of benzene rings is 4. The first-order valence-electron chi connectivity index (χ1n) is 14.5. The van der Waals surface area contributed by atoms with E-state index in [1.54, 1.807) is 67.6 Å². The lowest BCUT2D eigenvalue weighted by molar-refractivity contribution is -0.147. The lowest BCUT2D eigenvalue weighted by Gasteiger charge is -2.19. The van der Waals surface area contributed by atoms with Crippen molar-refractivity contribution >= 4 is 28.7 Å². The van der Waals surface area contributed by atoms with E-state index in [0.29, 0.717) is 51.3 Å². The number of hydrogen-bond acceptors (Lipinski definition) is 12. The van der Waals surface area contributed by atoms with Gasteiger partial charge < -0.3 is 56.8 Å². The molecule has 0 unspecified atom stereocenters. The fraction of sp³-hybridized carbons (Fsp3) is 0.229. The van der Waals surface area contributed by atoms with E-state index in [0.717, 1.165) is 0 Å². The summed E-state index contributed by atoms with van der Waals surface area (Å²) in [6.07, 6.45) is -0.598. The number of anilines is 4. The van der Waals surface area contributed by atoms with E-state index < -0.39 is 12.1 Å². The van der Waals surface area contributed by atoms with E-state index in [1.165, 1.54) is 38.5 Å². The number of carbonyl (C=O) groups is 1. The average molecular weight is 651 g/mol. The van der Waals surface area contributed by atoms with Gasteiger partial charge in [-0.15, -0.1) is 0 Å². The molecule has 0 heterocycles. The van der Waals surface area contributed by atoms with Gasteiger partial charge in [0, 0.05) is 29.1 Å². The van der Waals surface area contributed by atoms with Gasteiger partial charge in [0.2, 0.25) is 0 Å². The minimum absolute atomic E-state index is 0.137. The van der Waals surface area contributed by atoms with E-state index in [2.05, 4.69) is 6.58 Å². The lowest BCUT2D eigenvalue weighted by Crippen LogP contribution is -2.31. The summed E-state index contributed by atoms with van der Waals surface area (Å²) in [6, 6.07) is 23.0. The number of phenols is 2. The molecule has 10 N–H and O–H groups in total. The number of esters is 1. The minimum Gasteiger partial charge on any atom is -0.508 e. The maximum Gasteiger partial charge on any atom is 0.333 e. The van der Waals surface area contributed by atoms with Crippen molar-refractivity contribution in [2.24, 2.45) is 0 Å². The van der Waals surface area contributed by atoms with Crippen molar-refractivity contribution in [1.82, 2.24) is 0 Å². The Labute approximate surface area is 276 Å². The number of nitrogens with two attached hydrogens (primary N) is 4. The van der Waals surface area contributed by atoms with Crippen LogP contribution in [0.2, 0.25) is 0 Å². The lowest BCUT2D eigenvalue weighted by atomic mass is 10.3. The molecule has 0 aromatic heterocycles. The molecule has 0 radical (unpaired) electrons. The molecule has 4 aromatic rings. The van der Waals surface area contributed by atoms with Gasteiger partial charge in [-0.05, 0) is 79.7 Å². The van der Waals surface area contributed by atoms with Crippen LogP contribution in [0.3, 0.4) is 0 Å². The molecule has 12 heteroatoms. The van der Waals surface area contributed by atoms with Crippen molar-refractivity contribution in [3.05, 3.63) is 97.1 Å². The molecule has 0 saturated heterocycles. The van der Waals surface area contributed by atoms with Gasteiger partial charge in [-0.3, -0.25) is 0 Å². The average Bonchev–Trinajstić information content (AvgIpc) is 3.07. The predicted molar refractivity (Wildman–Crippen MR) is 187 cm³/mol. The van der Waals surface area contributed by atoms with Crippen molar-refractivity contribution < 1.29 is 38.7 Å². The van der Waals surface area contributed by atoms with Crippen LogP contribution in [0.15, 0.2) is 97.1 Å². The standard InChI is InChI=1S/C19H22N2O4.2C7H9NO2.C2H6/c1-13(2)19(22)25-18(11-23-16-7-3-14(20)4-8-16)12-24-17-9-5-15(21)6-10-17;2*1-10-7-4-5(9)2-3-6(7)8;1-2/h3-10,18H,1,11-12,20-21H2,2H3;2*2-4,9H,8H2,1H3;1-2H3. The summed E-state index contributed by atoms with van der Waals surface area (Å²) in [7, 11) is 3.01. The van der Waals surface area contributed by atoms with E-state index in [9.17, 15) is 4.79 Å². The van der Waals surface area contributed by atoms with Gasteiger partial charge in [0.25, 0.3) is 0 Å². The van der Waals surface area contributed by atoms with Crippen LogP contribution in [0.1, 0.15) is 20.8 Å². The van der Waals surface area contributed by atoms with Crippen LogP contribution in [0.5, 0.6) is 34.5 Å². The number of nitrogen functional groups attached to an aromatic ring is 4. The van der Waals surface area contributed by atoms with Crippen LogP contribution >= 0.6 is 0 Å². The number of phenolic OH excluding ortho intramolecular Hbond substituents is 2. The third-order valence-corrected chi connectivity index (χ3v) is 5.69. The molecule has 0 spiro atoms. The van der Waals surface area contributed by atoms with Crippen molar-refractivity contribution in [3.8, 4) is 34.5 Å². The van der Waals surface area contributed by atoms with E-state index >= 15 is 0 Å². The first-order valence-corrected chi connectivity index (χ1v) is 14.5. The highest BCUT2D eigenvalue weighted by atomic mass is 16.6. The Bertz CT molecular complexity index is 1410. The van der Waals surface area contributed by atoms with Crippen LogP contribution in [0, 0.1) is 0 Å². The monoisotopic (exact) mass is 650 g/mol. The molecule has 0 bridgehead atoms. The van der Waals surface area contributed by atoms with Crippen molar-refractivity contribution in [3.63, 3.8) is 0 Å². The number of carbonyl (C=O) groups excluding carboxylic acids is 1. The van der Waals surface area contributed by atoms with E-state index in [1.807, 2.05) is 13.8 Å². The highest BCUT2D eigenvalue weighted by Crippen LogP contribution is 2.26. The van der Waals surface area contributed by atoms with Crippen LogP contribution < -0.4 is 41.9 Å². The van der Waals surface area contributed by atoms with Crippen LogP contribution in [0.25, 0.3) is 0 Å². The topological polar surface area (TPSA) is 208 Å². The van der Waals surface area contributed by atoms with Gasteiger partial charge in [0.15, 0.2) is 6.10 Å². The van der Waals surface area contributed by atoms with Gasteiger partial charge >= 0.3 is 5.97 Å². The van der Waals surface area contributed by atoms with Crippen LogP contribution in [-0.2, 0) is 9.53 Å². The molecule has 4 aromatic carbocycles. The summed E-state index contributed by atoms with van der Waals surface area (Å²) in [5, 5.41) is 17.9. The van der Waals surface area contributed by atoms with Gasteiger partial charge in [-0.25, -0.2) is 4.79 Å². The zero-order chi connectivity index (χ0) is 35.4. The van der Waals surface area contributed by atoms with Crippen LogP contribution in [-0.4, -0.2) is 49.7 Å². The number of rotatable bonds is 10. The Hall–Kier alpha value is -5.91. The Balaban J connectivity index is 0.000000410. The summed E-state index contributed by atoms with van der Waals surface area (Å²) in [5.41, 5.74) is 24.9. The number of methoxy groups -OCH3 is 2. The first kappa shape index (κ1) is 39.1. The molecule has 12 nitrogen and oxygen atoms in total. The van der Waals surface area contributed by atoms with Gasteiger partial charge in [0.1, 0.15) is 47.7 Å². The van der Waals surface area contributed by atoms with Gasteiger partial charge in [-0.2, -0.15) is 0 Å². The normalized spacial score (nSPS) is 9.57. The van der Waals surface area contributed by atoms with Crippen molar-refractivity contribution in [2.45, 2.75) is 26.9 Å². The van der Waals surface area contributed by atoms with Crippen LogP contribution in [0.4, 0.5) is 22.7 Å². The Morgan fingerprint density at radius 1 is 0.681 bits per heavy atom.